The summed E-state index contributed by atoms with van der Waals surface area (Å²) >= 11 is 5.87. The summed E-state index contributed by atoms with van der Waals surface area (Å²) in [4.78, 5) is 29.6. The minimum Gasteiger partial charge on any atom is -0.345 e. The summed E-state index contributed by atoms with van der Waals surface area (Å²) in [5, 5.41) is 6.05. The van der Waals surface area contributed by atoms with E-state index in [1.807, 2.05) is 24.3 Å². The molecule has 0 radical (unpaired) electrons. The maximum Gasteiger partial charge on any atom is 0.251 e. The van der Waals surface area contributed by atoms with Gasteiger partial charge in [-0.15, -0.1) is 0 Å². The van der Waals surface area contributed by atoms with Crippen LogP contribution < -0.4 is 10.6 Å². The number of nitrogens with one attached hydrogen (secondary N) is 2. The van der Waals surface area contributed by atoms with E-state index in [-0.39, 0.29) is 24.9 Å². The normalized spacial score (nSPS) is 10.8. The minimum absolute atomic E-state index is 0.0385. The lowest BCUT2D eigenvalue weighted by molar-refractivity contribution is -0.116. The van der Waals surface area contributed by atoms with Crippen LogP contribution in [0.3, 0.4) is 0 Å². The van der Waals surface area contributed by atoms with Crippen molar-refractivity contribution in [1.29, 1.82) is 0 Å². The van der Waals surface area contributed by atoms with Gasteiger partial charge in [0.15, 0.2) is 0 Å². The highest BCUT2D eigenvalue weighted by Crippen LogP contribution is 2.17. The highest BCUT2D eigenvalue weighted by atomic mass is 35.5. The van der Waals surface area contributed by atoms with E-state index >= 15 is 0 Å². The summed E-state index contributed by atoms with van der Waals surface area (Å²) < 4.78 is 15.1. The van der Waals surface area contributed by atoms with Gasteiger partial charge < -0.3 is 15.2 Å². The Morgan fingerprint density at radius 2 is 1.77 bits per heavy atom. The average molecular weight is 437 g/mol. The number of carbonyl (C=O) groups excluding carboxylic acids is 2. The van der Waals surface area contributed by atoms with Crippen molar-refractivity contribution >= 4 is 40.1 Å². The first kappa shape index (κ1) is 20.6. The summed E-state index contributed by atoms with van der Waals surface area (Å²) in [7, 11) is 0. The van der Waals surface area contributed by atoms with Crippen LogP contribution in [0.1, 0.15) is 16.2 Å². The first-order chi connectivity index (χ1) is 15.0. The Hall–Kier alpha value is -3.71. The molecular weight excluding hydrogens is 419 g/mol. The van der Waals surface area contributed by atoms with Crippen LogP contribution in [0.4, 0.5) is 10.1 Å². The molecule has 0 aliphatic rings. The van der Waals surface area contributed by atoms with Crippen molar-refractivity contribution in [3.05, 3.63) is 95.0 Å². The van der Waals surface area contributed by atoms with Crippen molar-refractivity contribution in [3.8, 4) is 0 Å². The van der Waals surface area contributed by atoms with Gasteiger partial charge >= 0.3 is 0 Å². The fourth-order valence-electron chi connectivity index (χ4n) is 3.21. The van der Waals surface area contributed by atoms with Crippen LogP contribution in [0.2, 0.25) is 5.02 Å². The van der Waals surface area contributed by atoms with Gasteiger partial charge in [-0.2, -0.15) is 0 Å². The number of anilines is 1. The molecular formula is C23H18ClFN4O2. The fraction of sp³-hybridized carbons (Fsp3) is 0.0870. The number of aromatic nitrogens is 2. The molecule has 0 aliphatic heterocycles. The van der Waals surface area contributed by atoms with Crippen LogP contribution in [0.25, 0.3) is 11.0 Å². The molecule has 4 aromatic rings. The highest BCUT2D eigenvalue weighted by Gasteiger charge is 2.15. The zero-order valence-electron chi connectivity index (χ0n) is 16.3. The van der Waals surface area contributed by atoms with Crippen LogP contribution in [0.5, 0.6) is 0 Å². The summed E-state index contributed by atoms with van der Waals surface area (Å²) in [5.41, 5.74) is 2.30. The first-order valence-corrected chi connectivity index (χ1v) is 9.91. The number of fused-ring (bicyclic) bond motifs is 1. The van der Waals surface area contributed by atoms with Gasteiger partial charge in [0.05, 0.1) is 17.6 Å². The molecule has 156 valence electrons. The number of para-hydroxylation sites is 2. The van der Waals surface area contributed by atoms with Crippen LogP contribution in [-0.2, 0) is 17.9 Å². The van der Waals surface area contributed by atoms with Crippen molar-refractivity contribution in [2.24, 2.45) is 0 Å². The topological polar surface area (TPSA) is 76.0 Å². The summed E-state index contributed by atoms with van der Waals surface area (Å²) in [6.07, 6.45) is 0. The molecule has 8 heteroatoms. The zero-order valence-corrected chi connectivity index (χ0v) is 17.1. The number of imidazole rings is 1. The highest BCUT2D eigenvalue weighted by molar-refractivity contribution is 6.30. The first-order valence-electron chi connectivity index (χ1n) is 9.53. The van der Waals surface area contributed by atoms with Crippen LogP contribution in [0.15, 0.2) is 72.8 Å². The monoisotopic (exact) mass is 436 g/mol. The predicted molar refractivity (Wildman–Crippen MR) is 117 cm³/mol. The standard InChI is InChI=1S/C23H18ClFN4O2/c24-16-10-8-15(9-11-16)23(31)26-13-21-28-19-6-1-2-7-20(19)29(21)14-22(30)27-18-5-3-4-17(25)12-18/h1-12H,13-14H2,(H,26,31)(H,27,30). The molecule has 1 aromatic heterocycles. The molecule has 0 atom stereocenters. The summed E-state index contributed by atoms with van der Waals surface area (Å²) in [6, 6.07) is 19.6. The average Bonchev–Trinajstić information content (AvgIpc) is 3.10. The van der Waals surface area contributed by atoms with E-state index in [2.05, 4.69) is 15.6 Å². The second-order valence-corrected chi connectivity index (χ2v) is 7.29. The number of halogens is 2. The molecule has 2 N–H and O–H groups in total. The second kappa shape index (κ2) is 8.97. The Kier molecular flexibility index (Phi) is 5.95. The molecule has 0 saturated heterocycles. The van der Waals surface area contributed by atoms with Gasteiger partial charge in [0, 0.05) is 16.3 Å². The third-order valence-corrected chi connectivity index (χ3v) is 4.91. The van der Waals surface area contributed by atoms with Gasteiger partial charge in [-0.1, -0.05) is 29.8 Å². The Balaban J connectivity index is 1.53. The second-order valence-electron chi connectivity index (χ2n) is 6.85. The molecule has 4 rings (SSSR count). The molecule has 6 nitrogen and oxygen atoms in total. The molecule has 0 fully saturated rings. The quantitative estimate of drug-likeness (QED) is 0.470. The maximum atomic E-state index is 13.4. The molecule has 3 aromatic carbocycles. The number of nitrogens with zero attached hydrogens (tertiary/aromatic N) is 2. The fourth-order valence-corrected chi connectivity index (χ4v) is 3.34. The molecule has 0 unspecified atom stereocenters. The summed E-state index contributed by atoms with van der Waals surface area (Å²) in [6.45, 7) is 0.0898. The van der Waals surface area contributed by atoms with E-state index in [0.717, 1.165) is 5.52 Å². The van der Waals surface area contributed by atoms with Gasteiger partial charge in [-0.25, -0.2) is 9.37 Å². The van der Waals surface area contributed by atoms with E-state index in [1.165, 1.54) is 18.2 Å². The van der Waals surface area contributed by atoms with E-state index in [4.69, 9.17) is 11.6 Å². The van der Waals surface area contributed by atoms with Crippen LogP contribution in [-0.4, -0.2) is 21.4 Å². The largest absolute Gasteiger partial charge is 0.345 e. The van der Waals surface area contributed by atoms with E-state index in [0.29, 0.717) is 27.6 Å². The van der Waals surface area contributed by atoms with Gasteiger partial charge in [0.2, 0.25) is 5.91 Å². The smallest absolute Gasteiger partial charge is 0.251 e. The van der Waals surface area contributed by atoms with E-state index < -0.39 is 5.82 Å². The van der Waals surface area contributed by atoms with Crippen LogP contribution in [0, 0.1) is 5.82 Å². The Bertz CT molecular complexity index is 1250. The molecule has 0 bridgehead atoms. The number of benzene rings is 3. The lowest BCUT2D eigenvalue weighted by Gasteiger charge is -2.11. The third-order valence-electron chi connectivity index (χ3n) is 4.66. The van der Waals surface area contributed by atoms with Crippen molar-refractivity contribution in [2.75, 3.05) is 5.32 Å². The zero-order chi connectivity index (χ0) is 21.8. The minimum atomic E-state index is -0.434. The lowest BCUT2D eigenvalue weighted by atomic mass is 10.2. The third kappa shape index (κ3) is 4.90. The SMILES string of the molecule is O=C(Cn1c(CNC(=O)c2ccc(Cl)cc2)nc2ccccc21)Nc1cccc(F)c1. The predicted octanol–water partition coefficient (Wildman–Crippen LogP) is 4.40. The van der Waals surface area contributed by atoms with Crippen LogP contribution >= 0.6 is 11.6 Å². The van der Waals surface area contributed by atoms with Crippen molar-refractivity contribution in [1.82, 2.24) is 14.9 Å². The number of carbonyl (C=O) groups is 2. The van der Waals surface area contributed by atoms with Crippen molar-refractivity contribution in [3.63, 3.8) is 0 Å². The number of amides is 2. The lowest BCUT2D eigenvalue weighted by Crippen LogP contribution is -2.26. The number of hydrogen-bond acceptors (Lipinski definition) is 3. The Morgan fingerprint density at radius 3 is 2.55 bits per heavy atom. The molecule has 1 heterocycles. The van der Waals surface area contributed by atoms with E-state index in [9.17, 15) is 14.0 Å². The molecule has 2 amide bonds. The molecule has 31 heavy (non-hydrogen) atoms. The maximum absolute atomic E-state index is 13.4. The molecule has 0 aliphatic carbocycles. The van der Waals surface area contributed by atoms with Gasteiger partial charge in [0.1, 0.15) is 18.2 Å². The molecule has 0 spiro atoms. The Labute approximate surface area is 182 Å². The number of rotatable bonds is 6. The number of hydrogen-bond donors (Lipinski definition) is 2. The molecule has 0 saturated carbocycles. The van der Waals surface area contributed by atoms with E-state index in [1.54, 1.807) is 34.9 Å². The van der Waals surface area contributed by atoms with Gasteiger partial charge in [-0.05, 0) is 54.6 Å². The van der Waals surface area contributed by atoms with Gasteiger partial charge in [0.25, 0.3) is 5.91 Å². The summed E-state index contributed by atoms with van der Waals surface area (Å²) in [5.74, 6) is -0.520. The Morgan fingerprint density at radius 1 is 1.00 bits per heavy atom. The van der Waals surface area contributed by atoms with Crippen molar-refractivity contribution in [2.45, 2.75) is 13.1 Å². The van der Waals surface area contributed by atoms with Gasteiger partial charge in [-0.3, -0.25) is 9.59 Å². The van der Waals surface area contributed by atoms with Crippen molar-refractivity contribution < 1.29 is 14.0 Å².